The van der Waals surface area contributed by atoms with E-state index in [4.69, 9.17) is 14.2 Å². The lowest BCUT2D eigenvalue weighted by Gasteiger charge is -2.13. The van der Waals surface area contributed by atoms with E-state index in [1.165, 1.54) is 19.3 Å². The molecule has 0 amide bonds. The van der Waals surface area contributed by atoms with E-state index < -0.39 is 0 Å². The van der Waals surface area contributed by atoms with Crippen molar-refractivity contribution < 1.29 is 14.2 Å². The summed E-state index contributed by atoms with van der Waals surface area (Å²) in [4.78, 5) is 8.93. The predicted octanol–water partition coefficient (Wildman–Crippen LogP) is 6.57. The van der Waals surface area contributed by atoms with Crippen molar-refractivity contribution in [2.75, 3.05) is 19.8 Å². The number of ether oxygens (including phenoxy) is 3. The molecule has 1 aromatic heterocycles. The SMILES string of the molecule is CCCCCCOc1cnc(-c2ccc(-c3ccc(OCC(C)OCC)cc3)cc2)nc1. The fourth-order valence-corrected chi connectivity index (χ4v) is 3.36. The van der Waals surface area contributed by atoms with Gasteiger partial charge in [0.2, 0.25) is 0 Å². The number of rotatable bonds is 13. The highest BCUT2D eigenvalue weighted by Gasteiger charge is 2.06. The molecule has 0 aliphatic heterocycles. The largest absolute Gasteiger partial charge is 0.491 e. The van der Waals surface area contributed by atoms with Gasteiger partial charge in [0.1, 0.15) is 12.4 Å². The highest BCUT2D eigenvalue weighted by atomic mass is 16.5. The van der Waals surface area contributed by atoms with Gasteiger partial charge in [-0.1, -0.05) is 62.6 Å². The molecular weight excluding hydrogens is 400 g/mol. The molecule has 0 N–H and O–H groups in total. The lowest BCUT2D eigenvalue weighted by Crippen LogP contribution is -2.17. The number of unbranched alkanes of at least 4 members (excludes halogenated alkanes) is 3. The minimum atomic E-state index is 0.0841. The quantitative estimate of drug-likeness (QED) is 0.285. The molecule has 170 valence electrons. The molecule has 1 atom stereocenters. The monoisotopic (exact) mass is 434 g/mol. The first-order valence-corrected chi connectivity index (χ1v) is 11.6. The molecular formula is C27H34N2O3. The lowest BCUT2D eigenvalue weighted by molar-refractivity contribution is 0.0402. The Labute approximate surface area is 191 Å². The maximum absolute atomic E-state index is 5.79. The second-order valence-electron chi connectivity index (χ2n) is 7.83. The van der Waals surface area contributed by atoms with Gasteiger partial charge in [-0.15, -0.1) is 0 Å². The fraction of sp³-hybridized carbons (Fsp3) is 0.407. The first kappa shape index (κ1) is 23.7. The number of hydrogen-bond acceptors (Lipinski definition) is 5. The summed E-state index contributed by atoms with van der Waals surface area (Å²) in [6.07, 6.45) is 8.33. The number of hydrogen-bond donors (Lipinski definition) is 0. The van der Waals surface area contributed by atoms with Crippen LogP contribution >= 0.6 is 0 Å². The molecule has 1 heterocycles. The standard InChI is InChI=1S/C27H34N2O3/c1-4-6-7-8-17-31-26-18-28-27(29-19-26)24-11-9-22(10-12-24)23-13-15-25(16-14-23)32-20-21(3)30-5-2/h9-16,18-19,21H,4-8,17,20H2,1-3H3. The molecule has 0 saturated heterocycles. The van der Waals surface area contributed by atoms with E-state index in [0.29, 0.717) is 25.6 Å². The Morgan fingerprint density at radius 3 is 1.97 bits per heavy atom. The first-order chi connectivity index (χ1) is 15.7. The van der Waals surface area contributed by atoms with Gasteiger partial charge in [0, 0.05) is 12.2 Å². The van der Waals surface area contributed by atoms with Gasteiger partial charge < -0.3 is 14.2 Å². The molecule has 5 heteroatoms. The van der Waals surface area contributed by atoms with Crippen molar-refractivity contribution in [3.63, 3.8) is 0 Å². The van der Waals surface area contributed by atoms with E-state index in [2.05, 4.69) is 41.2 Å². The van der Waals surface area contributed by atoms with Gasteiger partial charge in [0.25, 0.3) is 0 Å². The zero-order valence-corrected chi connectivity index (χ0v) is 19.4. The van der Waals surface area contributed by atoms with Gasteiger partial charge in [-0.25, -0.2) is 9.97 Å². The van der Waals surface area contributed by atoms with Crippen molar-refractivity contribution in [3.8, 4) is 34.0 Å². The van der Waals surface area contributed by atoms with E-state index in [1.807, 2.05) is 38.1 Å². The van der Waals surface area contributed by atoms with E-state index in [-0.39, 0.29) is 6.10 Å². The van der Waals surface area contributed by atoms with Gasteiger partial charge in [-0.05, 0) is 43.5 Å². The van der Waals surface area contributed by atoms with Crippen molar-refractivity contribution in [2.45, 2.75) is 52.6 Å². The van der Waals surface area contributed by atoms with Crippen LogP contribution in [0.1, 0.15) is 46.5 Å². The van der Waals surface area contributed by atoms with E-state index in [1.54, 1.807) is 12.4 Å². The van der Waals surface area contributed by atoms with Crippen LogP contribution in [-0.2, 0) is 4.74 Å². The van der Waals surface area contributed by atoms with Crippen LogP contribution in [0.5, 0.6) is 11.5 Å². The zero-order chi connectivity index (χ0) is 22.6. The molecule has 2 aromatic carbocycles. The Balaban J connectivity index is 1.54. The average Bonchev–Trinajstić information content (AvgIpc) is 2.84. The predicted molar refractivity (Wildman–Crippen MR) is 129 cm³/mol. The normalized spacial score (nSPS) is 11.8. The molecule has 32 heavy (non-hydrogen) atoms. The van der Waals surface area contributed by atoms with E-state index in [0.717, 1.165) is 34.6 Å². The summed E-state index contributed by atoms with van der Waals surface area (Å²) >= 11 is 0. The minimum absolute atomic E-state index is 0.0841. The molecule has 3 rings (SSSR count). The number of benzene rings is 2. The highest BCUT2D eigenvalue weighted by Crippen LogP contribution is 2.25. The molecule has 0 bridgehead atoms. The van der Waals surface area contributed by atoms with Gasteiger partial charge in [0.05, 0.1) is 25.1 Å². The third-order valence-corrected chi connectivity index (χ3v) is 5.16. The zero-order valence-electron chi connectivity index (χ0n) is 19.4. The van der Waals surface area contributed by atoms with Crippen LogP contribution in [-0.4, -0.2) is 35.9 Å². The van der Waals surface area contributed by atoms with Crippen LogP contribution in [0.4, 0.5) is 0 Å². The molecule has 0 saturated carbocycles. The first-order valence-electron chi connectivity index (χ1n) is 11.6. The molecule has 0 fully saturated rings. The van der Waals surface area contributed by atoms with Crippen molar-refractivity contribution >= 4 is 0 Å². The topological polar surface area (TPSA) is 53.5 Å². The van der Waals surface area contributed by atoms with Crippen LogP contribution in [0.25, 0.3) is 22.5 Å². The summed E-state index contributed by atoms with van der Waals surface area (Å²) in [5.41, 5.74) is 3.25. The summed E-state index contributed by atoms with van der Waals surface area (Å²) in [7, 11) is 0. The molecule has 0 radical (unpaired) electrons. The maximum Gasteiger partial charge on any atom is 0.159 e. The fourth-order valence-electron chi connectivity index (χ4n) is 3.36. The smallest absolute Gasteiger partial charge is 0.159 e. The summed E-state index contributed by atoms with van der Waals surface area (Å²) in [6.45, 7) is 8.16. The minimum Gasteiger partial charge on any atom is -0.491 e. The van der Waals surface area contributed by atoms with Gasteiger partial charge in [-0.3, -0.25) is 0 Å². The van der Waals surface area contributed by atoms with Crippen LogP contribution in [0.2, 0.25) is 0 Å². The molecule has 0 aliphatic carbocycles. The van der Waals surface area contributed by atoms with Crippen molar-refractivity contribution in [2.24, 2.45) is 0 Å². The van der Waals surface area contributed by atoms with Crippen LogP contribution < -0.4 is 9.47 Å². The Morgan fingerprint density at radius 1 is 0.719 bits per heavy atom. The van der Waals surface area contributed by atoms with Crippen LogP contribution in [0, 0.1) is 0 Å². The average molecular weight is 435 g/mol. The van der Waals surface area contributed by atoms with Crippen LogP contribution in [0.15, 0.2) is 60.9 Å². The lowest BCUT2D eigenvalue weighted by atomic mass is 10.0. The summed E-state index contributed by atoms with van der Waals surface area (Å²) in [6, 6.07) is 16.4. The van der Waals surface area contributed by atoms with Gasteiger partial charge >= 0.3 is 0 Å². The Hall–Kier alpha value is -2.92. The molecule has 0 spiro atoms. The third-order valence-electron chi connectivity index (χ3n) is 5.16. The second-order valence-corrected chi connectivity index (χ2v) is 7.83. The molecule has 1 unspecified atom stereocenters. The number of nitrogens with zero attached hydrogens (tertiary/aromatic N) is 2. The summed E-state index contributed by atoms with van der Waals surface area (Å²) in [5, 5.41) is 0. The Morgan fingerprint density at radius 2 is 1.34 bits per heavy atom. The van der Waals surface area contributed by atoms with Gasteiger partial charge in [0.15, 0.2) is 11.6 Å². The van der Waals surface area contributed by atoms with E-state index >= 15 is 0 Å². The van der Waals surface area contributed by atoms with Crippen molar-refractivity contribution in [1.82, 2.24) is 9.97 Å². The van der Waals surface area contributed by atoms with E-state index in [9.17, 15) is 0 Å². The van der Waals surface area contributed by atoms with Crippen LogP contribution in [0.3, 0.4) is 0 Å². The third kappa shape index (κ3) is 7.34. The maximum atomic E-state index is 5.79. The van der Waals surface area contributed by atoms with Gasteiger partial charge in [-0.2, -0.15) is 0 Å². The second kappa shape index (κ2) is 12.8. The van der Waals surface area contributed by atoms with Crippen molar-refractivity contribution in [3.05, 3.63) is 60.9 Å². The summed E-state index contributed by atoms with van der Waals surface area (Å²) in [5.74, 6) is 2.26. The Bertz CT molecular complexity index is 909. The molecule has 5 nitrogen and oxygen atoms in total. The Kier molecular flexibility index (Phi) is 9.51. The highest BCUT2D eigenvalue weighted by molar-refractivity contribution is 5.68. The number of aromatic nitrogens is 2. The molecule has 3 aromatic rings. The van der Waals surface area contributed by atoms with Crippen molar-refractivity contribution in [1.29, 1.82) is 0 Å². The summed E-state index contributed by atoms with van der Waals surface area (Å²) < 4.78 is 17.0. The molecule has 0 aliphatic rings.